The lowest BCUT2D eigenvalue weighted by Gasteiger charge is -2.23. The van der Waals surface area contributed by atoms with Crippen molar-refractivity contribution < 1.29 is 9.53 Å². The Bertz CT molecular complexity index is 911. The molecular formula is C22H24BrN3O2S. The van der Waals surface area contributed by atoms with Crippen LogP contribution in [0.5, 0.6) is 5.75 Å². The van der Waals surface area contributed by atoms with E-state index in [0.717, 1.165) is 22.9 Å². The molecule has 0 aliphatic heterocycles. The van der Waals surface area contributed by atoms with Crippen LogP contribution >= 0.6 is 28.1 Å². The van der Waals surface area contributed by atoms with E-state index < -0.39 is 5.97 Å². The molecule has 0 unspecified atom stereocenters. The van der Waals surface area contributed by atoms with Gasteiger partial charge in [0.15, 0.2) is 5.11 Å². The molecule has 2 N–H and O–H groups in total. The molecule has 5 nitrogen and oxygen atoms in total. The molecule has 7 heteroatoms. The van der Waals surface area contributed by atoms with Gasteiger partial charge < -0.3 is 10.1 Å². The number of ether oxygens (including phenoxy) is 1. The van der Waals surface area contributed by atoms with Crippen LogP contribution in [0, 0.1) is 6.92 Å². The molecule has 0 saturated heterocycles. The van der Waals surface area contributed by atoms with Crippen LogP contribution < -0.4 is 15.5 Å². The predicted octanol–water partition coefficient (Wildman–Crippen LogP) is 5.11. The maximum atomic E-state index is 12.5. The molecular weight excluding hydrogens is 450 g/mol. The smallest absolute Gasteiger partial charge is 0.343 e. The molecule has 2 aromatic rings. The van der Waals surface area contributed by atoms with Crippen LogP contribution in [0.4, 0.5) is 0 Å². The summed E-state index contributed by atoms with van der Waals surface area (Å²) in [4.78, 5) is 12.5. The zero-order chi connectivity index (χ0) is 20.6. The Hall–Kier alpha value is -2.25. The van der Waals surface area contributed by atoms with E-state index in [-0.39, 0.29) is 0 Å². The summed E-state index contributed by atoms with van der Waals surface area (Å²) < 4.78 is 6.45. The molecule has 1 saturated carbocycles. The Labute approximate surface area is 185 Å². The zero-order valence-corrected chi connectivity index (χ0v) is 18.7. The standard InChI is InChI=1S/C22H24BrN3O2S/c1-15-6-5-7-16(12-15)21(27)28-20-11-10-18(23)13-17(20)14-24-26-22(29)25-19-8-3-2-4-9-19/h5-7,10-14,19H,2-4,8-9H2,1H3,(H2,25,26,29)/b24-14-. The molecule has 0 spiro atoms. The van der Waals surface area contributed by atoms with Crippen molar-refractivity contribution in [2.24, 2.45) is 5.10 Å². The first-order valence-corrected chi connectivity index (χ1v) is 10.9. The summed E-state index contributed by atoms with van der Waals surface area (Å²) in [6.07, 6.45) is 7.63. The number of hydrogen-bond acceptors (Lipinski definition) is 4. The molecule has 29 heavy (non-hydrogen) atoms. The van der Waals surface area contributed by atoms with Gasteiger partial charge in [0.25, 0.3) is 0 Å². The van der Waals surface area contributed by atoms with E-state index in [4.69, 9.17) is 17.0 Å². The molecule has 0 bridgehead atoms. The van der Waals surface area contributed by atoms with Crippen LogP contribution in [0.25, 0.3) is 0 Å². The highest BCUT2D eigenvalue weighted by Gasteiger charge is 2.14. The van der Waals surface area contributed by atoms with Crippen LogP contribution in [0.3, 0.4) is 0 Å². The molecule has 1 aliphatic rings. The number of hydrogen-bond donors (Lipinski definition) is 2. The molecule has 0 aromatic heterocycles. The average molecular weight is 474 g/mol. The monoisotopic (exact) mass is 473 g/mol. The van der Waals surface area contributed by atoms with Crippen LogP contribution in [-0.4, -0.2) is 23.3 Å². The Morgan fingerprint density at radius 1 is 1.21 bits per heavy atom. The zero-order valence-electron chi connectivity index (χ0n) is 16.3. The molecule has 2 aromatic carbocycles. The fraction of sp³-hybridized carbons (Fsp3) is 0.318. The normalized spacial score (nSPS) is 14.6. The van der Waals surface area contributed by atoms with E-state index in [0.29, 0.717) is 28.0 Å². The number of nitrogens with one attached hydrogen (secondary N) is 2. The minimum Gasteiger partial charge on any atom is -0.422 e. The maximum absolute atomic E-state index is 12.5. The minimum atomic E-state index is -0.409. The number of carbonyl (C=O) groups is 1. The van der Waals surface area contributed by atoms with Gasteiger partial charge in [-0.25, -0.2) is 4.79 Å². The van der Waals surface area contributed by atoms with Crippen LogP contribution in [-0.2, 0) is 0 Å². The number of benzene rings is 2. The Kier molecular flexibility index (Phi) is 7.77. The Balaban J connectivity index is 1.64. The summed E-state index contributed by atoms with van der Waals surface area (Å²) in [5.41, 5.74) is 5.02. The number of hydrazone groups is 1. The highest BCUT2D eigenvalue weighted by molar-refractivity contribution is 9.10. The Morgan fingerprint density at radius 3 is 2.76 bits per heavy atom. The van der Waals surface area contributed by atoms with Crippen molar-refractivity contribution in [3.8, 4) is 5.75 Å². The van der Waals surface area contributed by atoms with Gasteiger partial charge in [-0.2, -0.15) is 5.10 Å². The summed E-state index contributed by atoms with van der Waals surface area (Å²) in [6.45, 7) is 1.93. The lowest BCUT2D eigenvalue weighted by molar-refractivity contribution is 0.0734. The first kappa shape index (κ1) is 21.5. The fourth-order valence-electron chi connectivity index (χ4n) is 3.27. The van der Waals surface area contributed by atoms with Crippen LogP contribution in [0.15, 0.2) is 52.0 Å². The molecule has 1 fully saturated rings. The minimum absolute atomic E-state index is 0.409. The molecule has 3 rings (SSSR count). The van der Waals surface area contributed by atoms with Gasteiger partial charge in [0.05, 0.1) is 11.8 Å². The number of esters is 1. The average Bonchev–Trinajstić information content (AvgIpc) is 2.70. The van der Waals surface area contributed by atoms with Crippen molar-refractivity contribution in [3.05, 3.63) is 63.6 Å². The summed E-state index contributed by atoms with van der Waals surface area (Å²) in [5, 5.41) is 8.02. The Morgan fingerprint density at radius 2 is 2.00 bits per heavy atom. The van der Waals surface area contributed by atoms with E-state index in [1.807, 2.05) is 31.2 Å². The van der Waals surface area contributed by atoms with E-state index in [9.17, 15) is 4.79 Å². The van der Waals surface area contributed by atoms with E-state index in [1.165, 1.54) is 19.3 Å². The van der Waals surface area contributed by atoms with Gasteiger partial charge in [0, 0.05) is 16.1 Å². The SMILES string of the molecule is Cc1cccc(C(=O)Oc2ccc(Br)cc2/C=N\NC(=S)NC2CCCCC2)c1. The van der Waals surface area contributed by atoms with E-state index >= 15 is 0 Å². The van der Waals surface area contributed by atoms with E-state index in [1.54, 1.807) is 24.4 Å². The van der Waals surface area contributed by atoms with Crippen molar-refractivity contribution in [3.63, 3.8) is 0 Å². The third kappa shape index (κ3) is 6.65. The molecule has 1 aliphatic carbocycles. The second kappa shape index (κ2) is 10.5. The summed E-state index contributed by atoms with van der Waals surface area (Å²) in [7, 11) is 0. The van der Waals surface area contributed by atoms with Gasteiger partial charge >= 0.3 is 5.97 Å². The largest absolute Gasteiger partial charge is 0.422 e. The second-order valence-corrected chi connectivity index (χ2v) is 8.44. The van der Waals surface area contributed by atoms with E-state index in [2.05, 4.69) is 31.8 Å². The van der Waals surface area contributed by atoms with Crippen molar-refractivity contribution in [1.82, 2.24) is 10.7 Å². The molecule has 0 heterocycles. The van der Waals surface area contributed by atoms with Crippen molar-refractivity contribution >= 4 is 45.4 Å². The fourth-order valence-corrected chi connectivity index (χ4v) is 3.87. The summed E-state index contributed by atoms with van der Waals surface area (Å²) in [5.74, 6) is 0.0181. The lowest BCUT2D eigenvalue weighted by atomic mass is 9.96. The highest BCUT2D eigenvalue weighted by Crippen LogP contribution is 2.23. The third-order valence-corrected chi connectivity index (χ3v) is 5.44. The van der Waals surface area contributed by atoms with Gasteiger partial charge in [0.2, 0.25) is 0 Å². The quantitative estimate of drug-likeness (QED) is 0.207. The van der Waals surface area contributed by atoms with Crippen molar-refractivity contribution in [2.75, 3.05) is 0 Å². The van der Waals surface area contributed by atoms with Crippen LogP contribution in [0.2, 0.25) is 0 Å². The first-order valence-electron chi connectivity index (χ1n) is 9.69. The van der Waals surface area contributed by atoms with Crippen molar-refractivity contribution in [1.29, 1.82) is 0 Å². The van der Waals surface area contributed by atoms with Gasteiger partial charge in [-0.05, 0) is 62.3 Å². The second-order valence-electron chi connectivity index (χ2n) is 7.12. The highest BCUT2D eigenvalue weighted by atomic mass is 79.9. The van der Waals surface area contributed by atoms with Gasteiger partial charge in [0.1, 0.15) is 5.75 Å². The van der Waals surface area contributed by atoms with Gasteiger partial charge in [-0.3, -0.25) is 5.43 Å². The number of aryl methyl sites for hydroxylation is 1. The van der Waals surface area contributed by atoms with Gasteiger partial charge in [-0.1, -0.05) is 52.9 Å². The topological polar surface area (TPSA) is 62.7 Å². The number of nitrogens with zero attached hydrogens (tertiary/aromatic N) is 1. The number of halogens is 1. The molecule has 152 valence electrons. The van der Waals surface area contributed by atoms with Gasteiger partial charge in [-0.15, -0.1) is 0 Å². The predicted molar refractivity (Wildman–Crippen MR) is 124 cm³/mol. The summed E-state index contributed by atoms with van der Waals surface area (Å²) >= 11 is 8.77. The molecule has 0 radical (unpaired) electrons. The van der Waals surface area contributed by atoms with Crippen LogP contribution in [0.1, 0.15) is 53.6 Å². The number of thiocarbonyl (C=S) groups is 1. The molecule has 0 atom stereocenters. The summed E-state index contributed by atoms with van der Waals surface area (Å²) in [6, 6.07) is 13.1. The van der Waals surface area contributed by atoms with Crippen molar-refractivity contribution in [2.45, 2.75) is 45.1 Å². The third-order valence-electron chi connectivity index (χ3n) is 4.74. The maximum Gasteiger partial charge on any atom is 0.343 e. The number of carbonyl (C=O) groups excluding carboxylic acids is 1. The first-order chi connectivity index (χ1) is 14.0. The molecule has 0 amide bonds. The lowest BCUT2D eigenvalue weighted by Crippen LogP contribution is -2.40. The number of rotatable bonds is 5.